The van der Waals surface area contributed by atoms with Crippen LogP contribution in [0.4, 0.5) is 11.6 Å². The van der Waals surface area contributed by atoms with E-state index in [4.69, 9.17) is 15.2 Å². The van der Waals surface area contributed by atoms with Gasteiger partial charge in [0.1, 0.15) is 18.5 Å². The van der Waals surface area contributed by atoms with Crippen LogP contribution in [0.5, 0.6) is 5.75 Å². The number of aromatic nitrogens is 1. The molecule has 1 aliphatic heterocycles. The van der Waals surface area contributed by atoms with E-state index in [2.05, 4.69) is 25.8 Å². The molecule has 1 fully saturated rings. The predicted octanol–water partition coefficient (Wildman–Crippen LogP) is 3.32. The van der Waals surface area contributed by atoms with Gasteiger partial charge in [-0.05, 0) is 63.0 Å². The van der Waals surface area contributed by atoms with Gasteiger partial charge in [-0.3, -0.25) is 14.5 Å². The van der Waals surface area contributed by atoms with E-state index in [0.29, 0.717) is 11.7 Å². The van der Waals surface area contributed by atoms with Crippen LogP contribution in [-0.2, 0) is 14.3 Å². The van der Waals surface area contributed by atoms with E-state index in [1.807, 2.05) is 0 Å². The van der Waals surface area contributed by atoms with Gasteiger partial charge in [-0.2, -0.15) is 0 Å². The Bertz CT molecular complexity index is 761. The molecule has 0 aromatic carbocycles. The number of esters is 1. The van der Waals surface area contributed by atoms with E-state index in [1.165, 1.54) is 4.90 Å². The maximum atomic E-state index is 12.8. The Kier molecular flexibility index (Phi) is 5.30. The van der Waals surface area contributed by atoms with Gasteiger partial charge in [0, 0.05) is 0 Å². The number of hydrogen-bond acceptors (Lipinski definition) is 6. The Hall–Kier alpha value is -2.31. The normalized spacial score (nSPS) is 24.3. The van der Waals surface area contributed by atoms with Gasteiger partial charge in [0.25, 0.3) is 5.91 Å². The minimum Gasteiger partial charge on any atom is -0.474 e. The van der Waals surface area contributed by atoms with Crippen LogP contribution in [0.1, 0.15) is 60.3 Å². The minimum atomic E-state index is -1.09. The molecule has 1 aliphatic carbocycles. The highest BCUT2D eigenvalue weighted by molar-refractivity contribution is 6.04. The van der Waals surface area contributed by atoms with Gasteiger partial charge in [-0.15, -0.1) is 0 Å². The number of carbonyl (C=O) groups excluding carboxylic acids is 2. The van der Waals surface area contributed by atoms with Crippen molar-refractivity contribution < 1.29 is 19.1 Å². The lowest BCUT2D eigenvalue weighted by Gasteiger charge is -2.38. The van der Waals surface area contributed by atoms with Gasteiger partial charge >= 0.3 is 5.97 Å². The number of nitrogens with two attached hydrogens (primary N) is 1. The van der Waals surface area contributed by atoms with Gasteiger partial charge in [0.15, 0.2) is 17.2 Å². The quantitative estimate of drug-likeness (QED) is 0.797. The number of amides is 1. The summed E-state index contributed by atoms with van der Waals surface area (Å²) in [5.74, 6) is 0.818. The van der Waals surface area contributed by atoms with Crippen molar-refractivity contribution in [3.05, 3.63) is 12.1 Å². The molecule has 2 N–H and O–H groups in total. The van der Waals surface area contributed by atoms with Crippen LogP contribution < -0.4 is 15.4 Å². The summed E-state index contributed by atoms with van der Waals surface area (Å²) < 4.78 is 11.4. The fourth-order valence-electron chi connectivity index (χ4n) is 4.01. The second-order valence-electron chi connectivity index (χ2n) is 9.39. The minimum absolute atomic E-state index is 0.0940. The predicted molar refractivity (Wildman–Crippen MR) is 107 cm³/mol. The van der Waals surface area contributed by atoms with Crippen LogP contribution in [0, 0.1) is 11.3 Å². The van der Waals surface area contributed by atoms with Crippen LogP contribution >= 0.6 is 0 Å². The number of pyridine rings is 1. The molecular weight excluding hydrogens is 358 g/mol. The van der Waals surface area contributed by atoms with Crippen LogP contribution in [0.2, 0.25) is 0 Å². The first-order chi connectivity index (χ1) is 13.0. The summed E-state index contributed by atoms with van der Waals surface area (Å²) in [6.07, 6.45) is 3.72. The van der Waals surface area contributed by atoms with Crippen molar-refractivity contribution in [2.75, 3.05) is 17.2 Å². The first kappa shape index (κ1) is 20.4. The molecule has 1 saturated carbocycles. The zero-order valence-electron chi connectivity index (χ0n) is 17.4. The molecule has 1 aromatic heterocycles. The van der Waals surface area contributed by atoms with Gasteiger partial charge in [0.05, 0.1) is 0 Å². The van der Waals surface area contributed by atoms with E-state index in [1.54, 1.807) is 26.0 Å². The van der Waals surface area contributed by atoms with Crippen LogP contribution in [0.15, 0.2) is 12.1 Å². The van der Waals surface area contributed by atoms with Gasteiger partial charge in [-0.25, -0.2) is 4.98 Å². The summed E-state index contributed by atoms with van der Waals surface area (Å²) in [5, 5.41) is 0. The summed E-state index contributed by atoms with van der Waals surface area (Å²) in [4.78, 5) is 30.9. The fraction of sp³-hybridized carbons (Fsp3) is 0.667. The molecule has 2 aliphatic rings. The number of anilines is 2. The average molecular weight is 389 g/mol. The number of rotatable bonds is 3. The third-order valence-corrected chi connectivity index (χ3v) is 5.73. The van der Waals surface area contributed by atoms with Gasteiger partial charge < -0.3 is 15.2 Å². The maximum absolute atomic E-state index is 12.8. The fourth-order valence-corrected chi connectivity index (χ4v) is 4.01. The highest BCUT2D eigenvalue weighted by Crippen LogP contribution is 2.39. The molecule has 0 radical (unpaired) electrons. The number of hydrogen-bond donors (Lipinski definition) is 1. The summed E-state index contributed by atoms with van der Waals surface area (Å²) in [6, 6.07) is 3.27. The number of carbonyl (C=O) groups is 2. The molecule has 3 rings (SSSR count). The summed E-state index contributed by atoms with van der Waals surface area (Å²) in [7, 11) is 0. The first-order valence-corrected chi connectivity index (χ1v) is 9.94. The number of ether oxygens (including phenoxy) is 2. The second kappa shape index (κ2) is 7.26. The Balaban J connectivity index is 1.67. The third-order valence-electron chi connectivity index (χ3n) is 5.73. The lowest BCUT2D eigenvalue weighted by Crippen LogP contribution is -2.54. The molecule has 0 unspecified atom stereocenters. The van der Waals surface area contributed by atoms with Crippen molar-refractivity contribution >= 4 is 23.5 Å². The molecule has 0 atom stereocenters. The molecule has 0 bridgehead atoms. The van der Waals surface area contributed by atoms with Gasteiger partial charge in [-0.1, -0.05) is 20.8 Å². The molecule has 0 saturated heterocycles. The first-order valence-electron chi connectivity index (χ1n) is 9.94. The summed E-state index contributed by atoms with van der Waals surface area (Å²) in [6.45, 7) is 9.90. The van der Waals surface area contributed by atoms with E-state index < -0.39 is 11.6 Å². The summed E-state index contributed by atoms with van der Waals surface area (Å²) in [5.41, 5.74) is 4.95. The summed E-state index contributed by atoms with van der Waals surface area (Å²) >= 11 is 0. The molecular formula is C21H31N3O4. The molecule has 2 heterocycles. The van der Waals surface area contributed by atoms with Crippen molar-refractivity contribution in [3.8, 4) is 5.75 Å². The van der Waals surface area contributed by atoms with E-state index in [9.17, 15) is 9.59 Å². The topological polar surface area (TPSA) is 94.8 Å². The molecule has 7 nitrogen and oxygen atoms in total. The standard InChI is InChI=1S/C21H31N3O4/c1-20(2,3)13-6-8-14(9-7-13)27-17(25)12-24-18-15(10-11-16(22)23-18)28-21(4,5)19(24)26/h10-11,13-14H,6-9,12H2,1-5H3,(H2,22,23). The molecule has 1 aromatic rings. The van der Waals surface area contributed by atoms with Crippen molar-refractivity contribution in [2.45, 2.75) is 72.0 Å². The molecule has 28 heavy (non-hydrogen) atoms. The Morgan fingerprint density at radius 2 is 1.93 bits per heavy atom. The van der Waals surface area contributed by atoms with Crippen LogP contribution in [-0.4, -0.2) is 35.1 Å². The highest BCUT2D eigenvalue weighted by atomic mass is 16.5. The molecule has 154 valence electrons. The van der Waals surface area contributed by atoms with E-state index in [-0.39, 0.29) is 35.6 Å². The molecule has 0 spiro atoms. The third kappa shape index (κ3) is 4.23. The smallest absolute Gasteiger partial charge is 0.326 e. The van der Waals surface area contributed by atoms with Crippen molar-refractivity contribution in [2.24, 2.45) is 11.3 Å². The highest BCUT2D eigenvalue weighted by Gasteiger charge is 2.43. The Labute approximate surface area is 166 Å². The SMILES string of the molecule is CC1(C)Oc2ccc(N)nc2N(CC(=O)OC2CCC(C(C)(C)C)CC2)C1=O. The Morgan fingerprint density at radius 1 is 1.29 bits per heavy atom. The Morgan fingerprint density at radius 3 is 2.54 bits per heavy atom. The molecule has 7 heteroatoms. The second-order valence-corrected chi connectivity index (χ2v) is 9.39. The lowest BCUT2D eigenvalue weighted by molar-refractivity contribution is -0.151. The van der Waals surface area contributed by atoms with Crippen molar-refractivity contribution in [3.63, 3.8) is 0 Å². The van der Waals surface area contributed by atoms with Gasteiger partial charge in [0.2, 0.25) is 0 Å². The number of nitrogens with zero attached hydrogens (tertiary/aromatic N) is 2. The lowest BCUT2D eigenvalue weighted by atomic mass is 9.72. The average Bonchev–Trinajstić information content (AvgIpc) is 2.59. The number of fused-ring (bicyclic) bond motifs is 1. The maximum Gasteiger partial charge on any atom is 0.326 e. The zero-order valence-corrected chi connectivity index (χ0v) is 17.4. The molecule has 1 amide bonds. The van der Waals surface area contributed by atoms with Crippen molar-refractivity contribution in [1.82, 2.24) is 4.98 Å². The van der Waals surface area contributed by atoms with Crippen LogP contribution in [0.3, 0.4) is 0 Å². The number of nitrogen functional groups attached to an aromatic ring is 1. The largest absolute Gasteiger partial charge is 0.474 e. The van der Waals surface area contributed by atoms with E-state index >= 15 is 0 Å². The van der Waals surface area contributed by atoms with Crippen LogP contribution in [0.25, 0.3) is 0 Å². The zero-order chi connectivity index (χ0) is 20.7. The monoisotopic (exact) mass is 389 g/mol. The van der Waals surface area contributed by atoms with E-state index in [0.717, 1.165) is 25.7 Å². The van der Waals surface area contributed by atoms with Crippen molar-refractivity contribution in [1.29, 1.82) is 0 Å².